The van der Waals surface area contributed by atoms with Gasteiger partial charge in [0.25, 0.3) is 5.91 Å². The summed E-state index contributed by atoms with van der Waals surface area (Å²) in [6.07, 6.45) is 1.30. The first-order valence-corrected chi connectivity index (χ1v) is 9.95. The van der Waals surface area contributed by atoms with Crippen LogP contribution in [-0.2, 0) is 9.53 Å². The summed E-state index contributed by atoms with van der Waals surface area (Å²) in [7, 11) is 3.52. The van der Waals surface area contributed by atoms with Gasteiger partial charge in [0.1, 0.15) is 5.75 Å². The summed E-state index contributed by atoms with van der Waals surface area (Å²) in [5.74, 6) is 0.776. The standard InChI is InChI=1S/C21H31N3O4/c1-14(2)28-18-7-5-15(6-8-18)21(26)22-16-9-17-13-27-19(12-24(17)11-16)10-20(25)23(3)4/h5-8,14,16-17,19H,9-13H2,1-4H3,(H,22,26)/t16-,17-,19-/m0/s1. The molecule has 0 saturated carbocycles. The molecule has 7 heteroatoms. The van der Waals surface area contributed by atoms with Crippen molar-refractivity contribution in [2.75, 3.05) is 33.8 Å². The maximum absolute atomic E-state index is 12.6. The number of ether oxygens (including phenoxy) is 2. The quantitative estimate of drug-likeness (QED) is 0.799. The maximum atomic E-state index is 12.6. The monoisotopic (exact) mass is 389 g/mol. The van der Waals surface area contributed by atoms with Gasteiger partial charge in [-0.3, -0.25) is 14.5 Å². The number of amides is 2. The normalized spacial score (nSPS) is 24.7. The molecule has 0 unspecified atom stereocenters. The van der Waals surface area contributed by atoms with Gasteiger partial charge < -0.3 is 19.7 Å². The zero-order valence-electron chi connectivity index (χ0n) is 17.2. The molecule has 1 aromatic rings. The molecule has 3 atom stereocenters. The molecule has 0 aromatic heterocycles. The molecule has 1 aromatic carbocycles. The van der Waals surface area contributed by atoms with E-state index in [2.05, 4.69) is 10.2 Å². The molecule has 28 heavy (non-hydrogen) atoms. The van der Waals surface area contributed by atoms with Crippen LogP contribution in [0.3, 0.4) is 0 Å². The first-order valence-electron chi connectivity index (χ1n) is 9.95. The molecule has 0 radical (unpaired) electrons. The molecule has 2 amide bonds. The van der Waals surface area contributed by atoms with Gasteiger partial charge in [-0.1, -0.05) is 0 Å². The van der Waals surface area contributed by atoms with Crippen molar-refractivity contribution in [2.45, 2.75) is 51.0 Å². The van der Waals surface area contributed by atoms with Crippen LogP contribution in [0.15, 0.2) is 24.3 Å². The lowest BCUT2D eigenvalue weighted by molar-refractivity contribution is -0.134. The summed E-state index contributed by atoms with van der Waals surface area (Å²) in [5.41, 5.74) is 0.631. The minimum atomic E-state index is -0.0749. The number of nitrogens with one attached hydrogen (secondary N) is 1. The van der Waals surface area contributed by atoms with Crippen molar-refractivity contribution in [3.8, 4) is 5.75 Å². The van der Waals surface area contributed by atoms with Crippen LogP contribution in [0, 0.1) is 0 Å². The number of carbonyl (C=O) groups is 2. The van der Waals surface area contributed by atoms with E-state index in [0.717, 1.165) is 25.3 Å². The van der Waals surface area contributed by atoms with Crippen LogP contribution in [0.1, 0.15) is 37.0 Å². The number of fused-ring (bicyclic) bond motifs is 1. The van der Waals surface area contributed by atoms with Gasteiger partial charge in [0, 0.05) is 44.8 Å². The van der Waals surface area contributed by atoms with E-state index in [4.69, 9.17) is 9.47 Å². The van der Waals surface area contributed by atoms with Crippen molar-refractivity contribution in [3.63, 3.8) is 0 Å². The summed E-state index contributed by atoms with van der Waals surface area (Å²) in [4.78, 5) is 28.4. The van der Waals surface area contributed by atoms with Crippen molar-refractivity contribution < 1.29 is 19.1 Å². The highest BCUT2D eigenvalue weighted by Gasteiger charge is 2.38. The molecular weight excluding hydrogens is 358 g/mol. The topological polar surface area (TPSA) is 71.1 Å². The predicted octanol–water partition coefficient (Wildman–Crippen LogP) is 1.52. The Balaban J connectivity index is 1.50. The SMILES string of the molecule is CC(C)Oc1ccc(C(=O)N[C@H]2C[C@H]3CO[C@@H](CC(=O)N(C)C)CN3C2)cc1. The Kier molecular flexibility index (Phi) is 6.57. The second-order valence-electron chi connectivity index (χ2n) is 8.15. The average Bonchev–Trinajstić information content (AvgIpc) is 3.03. The lowest BCUT2D eigenvalue weighted by Crippen LogP contribution is -2.47. The number of carbonyl (C=O) groups excluding carboxylic acids is 2. The Labute approximate surface area is 167 Å². The highest BCUT2D eigenvalue weighted by atomic mass is 16.5. The summed E-state index contributed by atoms with van der Waals surface area (Å²) in [6, 6.07) is 7.64. The smallest absolute Gasteiger partial charge is 0.251 e. The molecule has 7 nitrogen and oxygen atoms in total. The second kappa shape index (κ2) is 8.92. The Morgan fingerprint density at radius 2 is 1.96 bits per heavy atom. The Hall–Kier alpha value is -2.12. The van der Waals surface area contributed by atoms with Crippen LogP contribution in [0.5, 0.6) is 5.75 Å². The maximum Gasteiger partial charge on any atom is 0.251 e. The number of rotatable bonds is 6. The van der Waals surface area contributed by atoms with E-state index in [1.165, 1.54) is 0 Å². The molecule has 0 aliphatic carbocycles. The summed E-state index contributed by atoms with van der Waals surface area (Å²) < 4.78 is 11.5. The fraction of sp³-hybridized carbons (Fsp3) is 0.619. The average molecular weight is 389 g/mol. The largest absolute Gasteiger partial charge is 0.491 e. The van der Waals surface area contributed by atoms with Gasteiger partial charge in [0.2, 0.25) is 5.91 Å². The Bertz CT molecular complexity index is 689. The zero-order chi connectivity index (χ0) is 20.3. The zero-order valence-corrected chi connectivity index (χ0v) is 17.2. The molecule has 2 heterocycles. The van der Waals surface area contributed by atoms with E-state index >= 15 is 0 Å². The predicted molar refractivity (Wildman–Crippen MR) is 106 cm³/mol. The van der Waals surface area contributed by atoms with Crippen LogP contribution in [0.25, 0.3) is 0 Å². The summed E-state index contributed by atoms with van der Waals surface area (Å²) in [5, 5.41) is 3.13. The number of hydrogen-bond donors (Lipinski definition) is 1. The molecule has 2 aliphatic rings. The molecule has 0 spiro atoms. The molecule has 154 valence electrons. The first-order chi connectivity index (χ1) is 13.3. The highest BCUT2D eigenvalue weighted by molar-refractivity contribution is 5.94. The number of benzene rings is 1. The molecule has 2 saturated heterocycles. The van der Waals surface area contributed by atoms with E-state index < -0.39 is 0 Å². The summed E-state index contributed by atoms with van der Waals surface area (Å²) in [6.45, 7) is 6.08. The van der Waals surface area contributed by atoms with Crippen LogP contribution in [0.2, 0.25) is 0 Å². The third-order valence-corrected chi connectivity index (χ3v) is 5.21. The second-order valence-corrected chi connectivity index (χ2v) is 8.15. The minimum Gasteiger partial charge on any atom is -0.491 e. The molecular formula is C21H31N3O4. The Morgan fingerprint density at radius 1 is 1.25 bits per heavy atom. The van der Waals surface area contributed by atoms with Crippen LogP contribution in [0.4, 0.5) is 0 Å². The molecule has 1 N–H and O–H groups in total. The number of morpholine rings is 1. The van der Waals surface area contributed by atoms with Crippen molar-refractivity contribution in [1.29, 1.82) is 0 Å². The van der Waals surface area contributed by atoms with Gasteiger partial charge in [-0.2, -0.15) is 0 Å². The van der Waals surface area contributed by atoms with Gasteiger partial charge in [0.05, 0.1) is 25.2 Å². The molecule has 3 rings (SSSR count). The van der Waals surface area contributed by atoms with E-state index in [1.807, 2.05) is 26.0 Å². The fourth-order valence-electron chi connectivity index (χ4n) is 3.77. The molecule has 2 fully saturated rings. The highest BCUT2D eigenvalue weighted by Crippen LogP contribution is 2.25. The third-order valence-electron chi connectivity index (χ3n) is 5.21. The lowest BCUT2D eigenvalue weighted by atomic mass is 10.1. The van der Waals surface area contributed by atoms with Gasteiger partial charge in [-0.25, -0.2) is 0 Å². The summed E-state index contributed by atoms with van der Waals surface area (Å²) >= 11 is 0. The fourth-order valence-corrected chi connectivity index (χ4v) is 3.77. The van der Waals surface area contributed by atoms with Gasteiger partial charge in [-0.05, 0) is 44.5 Å². The number of nitrogens with zero attached hydrogens (tertiary/aromatic N) is 2. The van der Waals surface area contributed by atoms with Crippen molar-refractivity contribution in [1.82, 2.24) is 15.1 Å². The minimum absolute atomic E-state index is 0.0683. The van der Waals surface area contributed by atoms with Crippen molar-refractivity contribution >= 4 is 11.8 Å². The van der Waals surface area contributed by atoms with E-state index in [9.17, 15) is 9.59 Å². The van der Waals surface area contributed by atoms with Crippen LogP contribution in [-0.4, -0.2) is 79.7 Å². The van der Waals surface area contributed by atoms with Crippen LogP contribution >= 0.6 is 0 Å². The van der Waals surface area contributed by atoms with Gasteiger partial charge in [-0.15, -0.1) is 0 Å². The first kappa shape index (κ1) is 20.6. The Morgan fingerprint density at radius 3 is 2.61 bits per heavy atom. The number of hydrogen-bond acceptors (Lipinski definition) is 5. The van der Waals surface area contributed by atoms with E-state index in [0.29, 0.717) is 24.6 Å². The van der Waals surface area contributed by atoms with Crippen LogP contribution < -0.4 is 10.1 Å². The van der Waals surface area contributed by atoms with E-state index in [-0.39, 0.29) is 30.1 Å². The van der Waals surface area contributed by atoms with Gasteiger partial charge in [0.15, 0.2) is 0 Å². The molecule has 2 aliphatic heterocycles. The molecule has 0 bridgehead atoms. The third kappa shape index (κ3) is 5.23. The van der Waals surface area contributed by atoms with E-state index in [1.54, 1.807) is 31.1 Å². The van der Waals surface area contributed by atoms with Gasteiger partial charge >= 0.3 is 0 Å². The lowest BCUT2D eigenvalue weighted by Gasteiger charge is -2.35. The van der Waals surface area contributed by atoms with Crippen molar-refractivity contribution in [3.05, 3.63) is 29.8 Å². The van der Waals surface area contributed by atoms with Crippen molar-refractivity contribution in [2.24, 2.45) is 0 Å².